The predicted octanol–water partition coefficient (Wildman–Crippen LogP) is 3.22. The molecule has 0 N–H and O–H groups in total. The number of esters is 1. The number of hydrogen-bond acceptors (Lipinski definition) is 6. The van der Waals surface area contributed by atoms with Gasteiger partial charge in [-0.15, -0.1) is 11.3 Å². The fourth-order valence-corrected chi connectivity index (χ4v) is 4.54. The molecule has 1 aliphatic carbocycles. The highest BCUT2D eigenvalue weighted by atomic mass is 32.2. The standard InChI is InChI=1S/C14H16N2O2S2/c1-8(2)18-11(17)6-19-13-12-9-4-3-5-10(9)20-14(12)16-7-15-13/h7-8H,3-6H2,1-2H3. The minimum Gasteiger partial charge on any atom is -0.462 e. The van der Waals surface area contributed by atoms with Crippen LogP contribution in [0.2, 0.25) is 0 Å². The molecule has 0 saturated heterocycles. The lowest BCUT2D eigenvalue weighted by atomic mass is 10.2. The van der Waals surface area contributed by atoms with Crippen molar-refractivity contribution in [3.05, 3.63) is 16.8 Å². The van der Waals surface area contributed by atoms with E-state index in [2.05, 4.69) is 9.97 Å². The summed E-state index contributed by atoms with van der Waals surface area (Å²) in [6.45, 7) is 3.72. The molecule has 2 heterocycles. The topological polar surface area (TPSA) is 52.1 Å². The van der Waals surface area contributed by atoms with Crippen molar-refractivity contribution in [2.45, 2.75) is 44.2 Å². The van der Waals surface area contributed by atoms with Crippen LogP contribution in [0.25, 0.3) is 10.2 Å². The van der Waals surface area contributed by atoms with Gasteiger partial charge in [0.2, 0.25) is 0 Å². The van der Waals surface area contributed by atoms with Crippen molar-refractivity contribution in [3.63, 3.8) is 0 Å². The Hall–Kier alpha value is -1.14. The van der Waals surface area contributed by atoms with Gasteiger partial charge in [-0.3, -0.25) is 4.79 Å². The van der Waals surface area contributed by atoms with E-state index in [-0.39, 0.29) is 12.1 Å². The van der Waals surface area contributed by atoms with E-state index in [1.165, 1.54) is 28.6 Å². The van der Waals surface area contributed by atoms with Crippen molar-refractivity contribution in [1.82, 2.24) is 9.97 Å². The highest BCUT2D eigenvalue weighted by Gasteiger charge is 2.21. The Kier molecular flexibility index (Phi) is 3.94. The zero-order valence-corrected chi connectivity index (χ0v) is 13.1. The van der Waals surface area contributed by atoms with Gasteiger partial charge >= 0.3 is 5.97 Å². The zero-order valence-electron chi connectivity index (χ0n) is 11.5. The van der Waals surface area contributed by atoms with Crippen molar-refractivity contribution < 1.29 is 9.53 Å². The lowest BCUT2D eigenvalue weighted by molar-refractivity contribution is -0.144. The Morgan fingerprint density at radius 1 is 1.45 bits per heavy atom. The normalized spacial score (nSPS) is 13.9. The molecule has 106 valence electrons. The molecule has 4 nitrogen and oxygen atoms in total. The van der Waals surface area contributed by atoms with Crippen LogP contribution in [0.5, 0.6) is 0 Å². The summed E-state index contributed by atoms with van der Waals surface area (Å²) in [6, 6.07) is 0. The van der Waals surface area contributed by atoms with Crippen molar-refractivity contribution in [1.29, 1.82) is 0 Å². The molecule has 0 radical (unpaired) electrons. The van der Waals surface area contributed by atoms with Gasteiger partial charge in [0.15, 0.2) is 0 Å². The van der Waals surface area contributed by atoms with Crippen LogP contribution in [0.3, 0.4) is 0 Å². The van der Waals surface area contributed by atoms with Crippen LogP contribution in [0.15, 0.2) is 11.4 Å². The maximum absolute atomic E-state index is 11.7. The monoisotopic (exact) mass is 308 g/mol. The van der Waals surface area contributed by atoms with Gasteiger partial charge in [-0.05, 0) is 38.7 Å². The average molecular weight is 308 g/mol. The minimum atomic E-state index is -0.191. The zero-order chi connectivity index (χ0) is 14.1. The summed E-state index contributed by atoms with van der Waals surface area (Å²) < 4.78 is 5.16. The first kappa shape index (κ1) is 13.8. The third-order valence-corrected chi connectivity index (χ3v) is 5.32. The summed E-state index contributed by atoms with van der Waals surface area (Å²) in [4.78, 5) is 22.9. The molecular weight excluding hydrogens is 292 g/mol. The summed E-state index contributed by atoms with van der Waals surface area (Å²) in [5.74, 6) is 0.109. The number of hydrogen-bond donors (Lipinski definition) is 0. The van der Waals surface area contributed by atoms with E-state index in [1.807, 2.05) is 13.8 Å². The summed E-state index contributed by atoms with van der Waals surface area (Å²) in [7, 11) is 0. The average Bonchev–Trinajstić information content (AvgIpc) is 2.95. The molecule has 6 heteroatoms. The molecule has 20 heavy (non-hydrogen) atoms. The van der Waals surface area contributed by atoms with E-state index in [0.717, 1.165) is 28.1 Å². The molecule has 0 bridgehead atoms. The Bertz CT molecular complexity index is 652. The second-order valence-corrected chi connectivity index (χ2v) is 7.09. The number of thioether (sulfide) groups is 1. The molecule has 0 spiro atoms. The minimum absolute atomic E-state index is 0.0705. The van der Waals surface area contributed by atoms with Crippen LogP contribution in [0, 0.1) is 0 Å². The summed E-state index contributed by atoms with van der Waals surface area (Å²) >= 11 is 3.22. The molecule has 0 aliphatic heterocycles. The van der Waals surface area contributed by atoms with Crippen molar-refractivity contribution >= 4 is 39.3 Å². The number of fused-ring (bicyclic) bond motifs is 3. The predicted molar refractivity (Wildman–Crippen MR) is 81.4 cm³/mol. The number of thiophene rings is 1. The highest BCUT2D eigenvalue weighted by Crippen LogP contribution is 2.39. The fraction of sp³-hybridized carbons (Fsp3) is 0.500. The van der Waals surface area contributed by atoms with Gasteiger partial charge in [-0.25, -0.2) is 9.97 Å². The van der Waals surface area contributed by atoms with E-state index in [0.29, 0.717) is 5.75 Å². The van der Waals surface area contributed by atoms with E-state index in [9.17, 15) is 4.79 Å². The number of aromatic nitrogens is 2. The van der Waals surface area contributed by atoms with Crippen molar-refractivity contribution in [2.75, 3.05) is 5.75 Å². The molecule has 0 fully saturated rings. The fourth-order valence-electron chi connectivity index (χ4n) is 2.43. The van der Waals surface area contributed by atoms with Gasteiger partial charge in [-0.1, -0.05) is 11.8 Å². The number of aryl methyl sites for hydroxylation is 2. The Morgan fingerprint density at radius 3 is 3.10 bits per heavy atom. The SMILES string of the molecule is CC(C)OC(=O)CSc1ncnc2sc3c(c12)CCC3. The van der Waals surface area contributed by atoms with Crippen LogP contribution >= 0.6 is 23.1 Å². The molecule has 2 aromatic heterocycles. The summed E-state index contributed by atoms with van der Waals surface area (Å²) in [5.41, 5.74) is 1.39. The second-order valence-electron chi connectivity index (χ2n) is 5.04. The maximum atomic E-state index is 11.7. The van der Waals surface area contributed by atoms with Crippen molar-refractivity contribution in [3.8, 4) is 0 Å². The molecule has 1 aliphatic rings. The first-order valence-corrected chi connectivity index (χ1v) is 8.53. The summed E-state index contributed by atoms with van der Waals surface area (Å²) in [5, 5.41) is 2.07. The molecule has 3 rings (SSSR count). The van der Waals surface area contributed by atoms with Gasteiger partial charge < -0.3 is 4.74 Å². The smallest absolute Gasteiger partial charge is 0.316 e. The third-order valence-electron chi connectivity index (χ3n) is 3.16. The second kappa shape index (κ2) is 5.69. The Morgan fingerprint density at radius 2 is 2.30 bits per heavy atom. The van der Waals surface area contributed by atoms with E-state index in [4.69, 9.17) is 4.74 Å². The lowest BCUT2D eigenvalue weighted by Gasteiger charge is -2.07. The van der Waals surface area contributed by atoms with Crippen LogP contribution in [0.1, 0.15) is 30.7 Å². The number of carbonyl (C=O) groups is 1. The highest BCUT2D eigenvalue weighted by molar-refractivity contribution is 8.00. The number of nitrogens with zero attached hydrogens (tertiary/aromatic N) is 2. The van der Waals surface area contributed by atoms with Gasteiger partial charge in [0.25, 0.3) is 0 Å². The maximum Gasteiger partial charge on any atom is 0.316 e. The number of carbonyl (C=O) groups excluding carboxylic acids is 1. The number of ether oxygens (including phenoxy) is 1. The van der Waals surface area contributed by atoms with E-state index < -0.39 is 0 Å². The third kappa shape index (κ3) is 2.67. The summed E-state index contributed by atoms with van der Waals surface area (Å²) in [6.07, 6.45) is 4.98. The van der Waals surface area contributed by atoms with Gasteiger partial charge in [0, 0.05) is 10.3 Å². The van der Waals surface area contributed by atoms with E-state index in [1.54, 1.807) is 17.7 Å². The van der Waals surface area contributed by atoms with Crippen LogP contribution in [0.4, 0.5) is 0 Å². The van der Waals surface area contributed by atoms with E-state index >= 15 is 0 Å². The van der Waals surface area contributed by atoms with Crippen LogP contribution < -0.4 is 0 Å². The molecule has 0 saturated carbocycles. The largest absolute Gasteiger partial charge is 0.462 e. The van der Waals surface area contributed by atoms with Gasteiger partial charge in [0.1, 0.15) is 16.2 Å². The lowest BCUT2D eigenvalue weighted by Crippen LogP contribution is -2.13. The van der Waals surface area contributed by atoms with Crippen LogP contribution in [-0.4, -0.2) is 27.8 Å². The Balaban J connectivity index is 1.83. The Labute approximate surface area is 126 Å². The van der Waals surface area contributed by atoms with Crippen molar-refractivity contribution in [2.24, 2.45) is 0 Å². The van der Waals surface area contributed by atoms with Gasteiger partial charge in [-0.2, -0.15) is 0 Å². The van der Waals surface area contributed by atoms with Crippen LogP contribution in [-0.2, 0) is 22.4 Å². The van der Waals surface area contributed by atoms with Gasteiger partial charge in [0.05, 0.1) is 11.9 Å². The molecular formula is C14H16N2O2S2. The molecule has 0 amide bonds. The number of rotatable bonds is 4. The first-order valence-electron chi connectivity index (χ1n) is 6.72. The molecule has 2 aromatic rings. The molecule has 0 aromatic carbocycles. The molecule has 0 unspecified atom stereocenters. The quantitative estimate of drug-likeness (QED) is 0.493. The molecule has 0 atom stereocenters. The first-order chi connectivity index (χ1) is 9.65.